The standard InChI is InChI=1S/C12H24N2O/c1-14-7-2-3-11(9-14)13-10-12(4-5-12)6-8-15/h11,13,15H,2-10H2,1H3. The number of likely N-dealkylation sites (tertiary alicyclic amines) is 1. The highest BCUT2D eigenvalue weighted by Gasteiger charge is 2.41. The smallest absolute Gasteiger partial charge is 0.0436 e. The highest BCUT2D eigenvalue weighted by Crippen LogP contribution is 2.48. The van der Waals surface area contributed by atoms with Gasteiger partial charge in [-0.25, -0.2) is 0 Å². The maximum absolute atomic E-state index is 8.98. The van der Waals surface area contributed by atoms with E-state index < -0.39 is 0 Å². The minimum atomic E-state index is 0.353. The van der Waals surface area contributed by atoms with Crippen molar-refractivity contribution in [1.29, 1.82) is 0 Å². The van der Waals surface area contributed by atoms with Crippen molar-refractivity contribution in [2.45, 2.75) is 38.1 Å². The lowest BCUT2D eigenvalue weighted by atomic mass is 10.0. The summed E-state index contributed by atoms with van der Waals surface area (Å²) >= 11 is 0. The van der Waals surface area contributed by atoms with Gasteiger partial charge in [-0.15, -0.1) is 0 Å². The fourth-order valence-electron chi connectivity index (χ4n) is 2.62. The number of nitrogens with zero attached hydrogens (tertiary/aromatic N) is 1. The average Bonchev–Trinajstić information content (AvgIpc) is 2.97. The van der Waals surface area contributed by atoms with E-state index in [1.54, 1.807) is 0 Å². The summed E-state index contributed by atoms with van der Waals surface area (Å²) in [5.41, 5.74) is 0.463. The van der Waals surface area contributed by atoms with Crippen molar-refractivity contribution in [3.63, 3.8) is 0 Å². The van der Waals surface area contributed by atoms with Gasteiger partial charge < -0.3 is 15.3 Å². The molecule has 0 aromatic carbocycles. The molecule has 1 saturated heterocycles. The van der Waals surface area contributed by atoms with Crippen molar-refractivity contribution in [3.05, 3.63) is 0 Å². The molecule has 0 spiro atoms. The van der Waals surface area contributed by atoms with Crippen LogP contribution in [0.3, 0.4) is 0 Å². The molecule has 2 rings (SSSR count). The minimum Gasteiger partial charge on any atom is -0.396 e. The fraction of sp³-hybridized carbons (Fsp3) is 1.00. The van der Waals surface area contributed by atoms with Gasteiger partial charge in [0.1, 0.15) is 0 Å². The first-order valence-corrected chi connectivity index (χ1v) is 6.27. The van der Waals surface area contributed by atoms with E-state index >= 15 is 0 Å². The normalized spacial score (nSPS) is 30.4. The van der Waals surface area contributed by atoms with Crippen LogP contribution in [0.25, 0.3) is 0 Å². The first-order valence-electron chi connectivity index (χ1n) is 6.27. The Morgan fingerprint density at radius 3 is 2.87 bits per heavy atom. The Labute approximate surface area is 92.8 Å². The number of rotatable bonds is 5. The van der Waals surface area contributed by atoms with E-state index in [0.29, 0.717) is 18.1 Å². The van der Waals surface area contributed by atoms with Crippen LogP contribution in [-0.2, 0) is 0 Å². The lowest BCUT2D eigenvalue weighted by molar-refractivity contribution is 0.206. The van der Waals surface area contributed by atoms with Gasteiger partial charge in [0.15, 0.2) is 0 Å². The molecule has 1 heterocycles. The second-order valence-corrected chi connectivity index (χ2v) is 5.46. The van der Waals surface area contributed by atoms with Gasteiger partial charge in [-0.05, 0) is 51.1 Å². The molecule has 1 unspecified atom stereocenters. The molecule has 15 heavy (non-hydrogen) atoms. The number of nitrogens with one attached hydrogen (secondary N) is 1. The van der Waals surface area contributed by atoms with E-state index in [-0.39, 0.29) is 0 Å². The summed E-state index contributed by atoms with van der Waals surface area (Å²) in [5, 5.41) is 12.7. The molecular formula is C12H24N2O. The third-order valence-corrected chi connectivity index (χ3v) is 3.99. The Morgan fingerprint density at radius 1 is 1.47 bits per heavy atom. The highest BCUT2D eigenvalue weighted by molar-refractivity contribution is 4.95. The van der Waals surface area contributed by atoms with E-state index in [0.717, 1.165) is 13.0 Å². The number of hydrogen-bond acceptors (Lipinski definition) is 3. The zero-order chi connectivity index (χ0) is 10.7. The zero-order valence-corrected chi connectivity index (χ0v) is 9.84. The first-order chi connectivity index (χ1) is 7.24. The van der Waals surface area contributed by atoms with Crippen LogP contribution in [-0.4, -0.2) is 49.3 Å². The molecule has 3 nitrogen and oxygen atoms in total. The Kier molecular flexibility index (Phi) is 3.65. The molecule has 2 N–H and O–H groups in total. The Hall–Kier alpha value is -0.120. The summed E-state index contributed by atoms with van der Waals surface area (Å²) in [4.78, 5) is 2.41. The van der Waals surface area contributed by atoms with Crippen molar-refractivity contribution >= 4 is 0 Å². The maximum atomic E-state index is 8.98. The Bertz CT molecular complexity index is 204. The predicted molar refractivity (Wildman–Crippen MR) is 61.9 cm³/mol. The van der Waals surface area contributed by atoms with Gasteiger partial charge in [-0.2, -0.15) is 0 Å². The van der Waals surface area contributed by atoms with Gasteiger partial charge in [0.25, 0.3) is 0 Å². The quantitative estimate of drug-likeness (QED) is 0.708. The monoisotopic (exact) mass is 212 g/mol. The van der Waals surface area contributed by atoms with Gasteiger partial charge in [0.2, 0.25) is 0 Å². The van der Waals surface area contributed by atoms with E-state index in [1.807, 2.05) is 0 Å². The molecule has 1 aliphatic carbocycles. The molecule has 0 aromatic heterocycles. The lowest BCUT2D eigenvalue weighted by Gasteiger charge is -2.31. The molecule has 2 aliphatic rings. The zero-order valence-electron chi connectivity index (χ0n) is 9.84. The van der Waals surface area contributed by atoms with Crippen LogP contribution >= 0.6 is 0 Å². The number of aliphatic hydroxyl groups is 1. The molecule has 0 bridgehead atoms. The predicted octanol–water partition coefficient (Wildman–Crippen LogP) is 0.833. The lowest BCUT2D eigenvalue weighted by Crippen LogP contribution is -2.45. The average molecular weight is 212 g/mol. The van der Waals surface area contributed by atoms with Gasteiger partial charge >= 0.3 is 0 Å². The van der Waals surface area contributed by atoms with E-state index in [4.69, 9.17) is 5.11 Å². The second-order valence-electron chi connectivity index (χ2n) is 5.46. The van der Waals surface area contributed by atoms with Crippen LogP contribution < -0.4 is 5.32 Å². The third-order valence-electron chi connectivity index (χ3n) is 3.99. The molecule has 1 atom stereocenters. The van der Waals surface area contributed by atoms with E-state index in [1.165, 1.54) is 38.8 Å². The summed E-state index contributed by atoms with van der Waals surface area (Å²) in [6.45, 7) is 3.91. The Morgan fingerprint density at radius 2 is 2.27 bits per heavy atom. The third kappa shape index (κ3) is 3.16. The summed E-state index contributed by atoms with van der Waals surface area (Å²) in [7, 11) is 2.20. The topological polar surface area (TPSA) is 35.5 Å². The van der Waals surface area contributed by atoms with Gasteiger partial charge in [0, 0.05) is 25.7 Å². The van der Waals surface area contributed by atoms with Gasteiger partial charge in [-0.1, -0.05) is 0 Å². The highest BCUT2D eigenvalue weighted by atomic mass is 16.3. The van der Waals surface area contributed by atoms with Crippen molar-refractivity contribution in [2.24, 2.45) is 5.41 Å². The maximum Gasteiger partial charge on any atom is 0.0436 e. The summed E-state index contributed by atoms with van der Waals surface area (Å²) in [5.74, 6) is 0. The molecule has 1 saturated carbocycles. The number of piperidine rings is 1. The molecule has 2 fully saturated rings. The summed E-state index contributed by atoms with van der Waals surface area (Å²) in [6.07, 6.45) is 6.25. The van der Waals surface area contributed by atoms with Crippen LogP contribution in [0, 0.1) is 5.41 Å². The van der Waals surface area contributed by atoms with Crippen molar-refractivity contribution < 1.29 is 5.11 Å². The molecule has 0 radical (unpaired) electrons. The molecule has 1 aliphatic heterocycles. The van der Waals surface area contributed by atoms with Crippen LogP contribution in [0.1, 0.15) is 32.1 Å². The minimum absolute atomic E-state index is 0.353. The van der Waals surface area contributed by atoms with Gasteiger partial charge in [0.05, 0.1) is 0 Å². The van der Waals surface area contributed by atoms with Crippen LogP contribution in [0.4, 0.5) is 0 Å². The summed E-state index contributed by atoms with van der Waals surface area (Å²) < 4.78 is 0. The first kappa shape index (κ1) is 11.4. The van der Waals surface area contributed by atoms with Crippen LogP contribution in [0.5, 0.6) is 0 Å². The van der Waals surface area contributed by atoms with Crippen LogP contribution in [0.2, 0.25) is 0 Å². The van der Waals surface area contributed by atoms with Crippen LogP contribution in [0.15, 0.2) is 0 Å². The van der Waals surface area contributed by atoms with E-state index in [2.05, 4.69) is 17.3 Å². The fourth-order valence-corrected chi connectivity index (χ4v) is 2.62. The SMILES string of the molecule is CN1CCCC(NCC2(CCO)CC2)C1. The Balaban J connectivity index is 1.68. The second kappa shape index (κ2) is 4.81. The largest absolute Gasteiger partial charge is 0.396 e. The number of aliphatic hydroxyl groups excluding tert-OH is 1. The molecule has 3 heteroatoms. The molecule has 88 valence electrons. The van der Waals surface area contributed by atoms with Crippen molar-refractivity contribution in [2.75, 3.05) is 33.3 Å². The molecule has 0 amide bonds. The molecular weight excluding hydrogens is 188 g/mol. The van der Waals surface area contributed by atoms with Crippen molar-refractivity contribution in [1.82, 2.24) is 10.2 Å². The van der Waals surface area contributed by atoms with E-state index in [9.17, 15) is 0 Å². The summed E-state index contributed by atoms with van der Waals surface area (Å²) in [6, 6.07) is 0.680. The number of hydrogen-bond donors (Lipinski definition) is 2. The number of likely N-dealkylation sites (N-methyl/N-ethyl adjacent to an activating group) is 1. The van der Waals surface area contributed by atoms with Crippen molar-refractivity contribution in [3.8, 4) is 0 Å². The molecule has 0 aromatic rings. The van der Waals surface area contributed by atoms with Gasteiger partial charge in [-0.3, -0.25) is 0 Å².